The summed E-state index contributed by atoms with van der Waals surface area (Å²) in [5.41, 5.74) is 7.62. The lowest BCUT2D eigenvalue weighted by atomic mass is 10.0. The summed E-state index contributed by atoms with van der Waals surface area (Å²) in [4.78, 5) is 0. The molecule has 17 heavy (non-hydrogen) atoms. The van der Waals surface area contributed by atoms with Gasteiger partial charge in [0, 0.05) is 32.0 Å². The summed E-state index contributed by atoms with van der Waals surface area (Å²) in [6, 6.07) is 5.78. The fourth-order valence-corrected chi connectivity index (χ4v) is 4.54. The van der Waals surface area contributed by atoms with Crippen molar-refractivity contribution in [3.63, 3.8) is 0 Å². The molecule has 1 aliphatic rings. The average Bonchev–Trinajstić information content (AvgIpc) is 2.36. The lowest BCUT2D eigenvalue weighted by Crippen LogP contribution is -2.20. The van der Waals surface area contributed by atoms with Crippen LogP contribution in [0, 0.1) is 0 Å². The topological polar surface area (TPSA) is 43.1 Å². The molecule has 2 N–H and O–H groups in total. The van der Waals surface area contributed by atoms with Crippen LogP contribution in [0.2, 0.25) is 0 Å². The van der Waals surface area contributed by atoms with Crippen LogP contribution < -0.4 is 5.73 Å². The number of hydrogen-bond acceptors (Lipinski definition) is 2. The fraction of sp³-hybridized carbons (Fsp3) is 0.538. The van der Waals surface area contributed by atoms with Crippen molar-refractivity contribution in [3.8, 4) is 0 Å². The van der Waals surface area contributed by atoms with Crippen LogP contribution in [0.4, 0.5) is 5.69 Å². The maximum absolute atomic E-state index is 12.3. The Hall–Kier alpha value is -0.350. The SMILES string of the molecule is Nc1cccc(CS(=O)C2CCCCC2)c1Br. The van der Waals surface area contributed by atoms with Gasteiger partial charge in [-0.25, -0.2) is 0 Å². The Bertz CT molecular complexity index is 416. The van der Waals surface area contributed by atoms with Crippen LogP contribution in [0.15, 0.2) is 22.7 Å². The standard InChI is InChI=1S/C13H18BrNOS/c14-13-10(5-4-8-12(13)15)9-17(16)11-6-2-1-3-7-11/h4-5,8,11H,1-3,6-7,9,15H2. The minimum absolute atomic E-state index is 0.386. The largest absolute Gasteiger partial charge is 0.398 e. The third-order valence-corrected chi connectivity index (χ3v) is 6.11. The van der Waals surface area contributed by atoms with Gasteiger partial charge in [0.05, 0.1) is 0 Å². The molecule has 1 aromatic rings. The van der Waals surface area contributed by atoms with Gasteiger partial charge in [-0.05, 0) is 40.4 Å². The summed E-state index contributed by atoms with van der Waals surface area (Å²) < 4.78 is 13.2. The Morgan fingerprint density at radius 1 is 1.29 bits per heavy atom. The van der Waals surface area contributed by atoms with E-state index in [2.05, 4.69) is 15.9 Å². The molecule has 2 nitrogen and oxygen atoms in total. The molecule has 0 bridgehead atoms. The molecule has 1 fully saturated rings. The molecule has 1 aliphatic carbocycles. The summed E-state index contributed by atoms with van der Waals surface area (Å²) >= 11 is 3.47. The molecule has 94 valence electrons. The van der Waals surface area contributed by atoms with Crippen LogP contribution in [0.5, 0.6) is 0 Å². The number of rotatable bonds is 3. The van der Waals surface area contributed by atoms with E-state index in [1.807, 2.05) is 18.2 Å². The van der Waals surface area contributed by atoms with Crippen molar-refractivity contribution in [2.24, 2.45) is 0 Å². The molecule has 2 rings (SSSR count). The van der Waals surface area contributed by atoms with Crippen LogP contribution in [0.25, 0.3) is 0 Å². The Morgan fingerprint density at radius 3 is 2.71 bits per heavy atom. The van der Waals surface area contributed by atoms with Crippen molar-refractivity contribution in [2.45, 2.75) is 43.1 Å². The zero-order valence-electron chi connectivity index (χ0n) is 9.82. The first-order valence-corrected chi connectivity index (χ1v) is 8.26. The minimum atomic E-state index is -0.762. The van der Waals surface area contributed by atoms with Gasteiger partial charge < -0.3 is 5.73 Å². The van der Waals surface area contributed by atoms with E-state index < -0.39 is 10.8 Å². The van der Waals surface area contributed by atoms with E-state index in [1.165, 1.54) is 19.3 Å². The Morgan fingerprint density at radius 2 is 2.00 bits per heavy atom. The number of halogens is 1. The first kappa shape index (κ1) is 13.1. The molecule has 1 atom stereocenters. The second kappa shape index (κ2) is 6.01. The number of benzene rings is 1. The van der Waals surface area contributed by atoms with E-state index in [1.54, 1.807) is 0 Å². The molecular formula is C13H18BrNOS. The van der Waals surface area contributed by atoms with Crippen molar-refractivity contribution in [1.29, 1.82) is 0 Å². The van der Waals surface area contributed by atoms with Crippen LogP contribution in [0.3, 0.4) is 0 Å². The van der Waals surface area contributed by atoms with Crippen molar-refractivity contribution in [1.82, 2.24) is 0 Å². The second-order valence-corrected chi connectivity index (χ2v) is 7.12. The molecule has 1 unspecified atom stereocenters. The number of nitrogen functional groups attached to an aromatic ring is 1. The summed E-state index contributed by atoms with van der Waals surface area (Å²) in [6.07, 6.45) is 6.00. The molecule has 0 radical (unpaired) electrons. The van der Waals surface area contributed by atoms with Gasteiger partial charge in [-0.2, -0.15) is 0 Å². The van der Waals surface area contributed by atoms with Gasteiger partial charge in [0.1, 0.15) is 0 Å². The van der Waals surface area contributed by atoms with Gasteiger partial charge in [-0.1, -0.05) is 31.4 Å². The molecule has 1 saturated carbocycles. The van der Waals surface area contributed by atoms with Crippen LogP contribution in [-0.2, 0) is 16.6 Å². The number of hydrogen-bond donors (Lipinski definition) is 1. The van der Waals surface area contributed by atoms with E-state index in [0.717, 1.165) is 28.6 Å². The lowest BCUT2D eigenvalue weighted by molar-refractivity contribution is 0.504. The highest BCUT2D eigenvalue weighted by Crippen LogP contribution is 2.28. The molecule has 0 saturated heterocycles. The van der Waals surface area contributed by atoms with Gasteiger partial charge in [-0.3, -0.25) is 4.21 Å². The minimum Gasteiger partial charge on any atom is -0.398 e. The Balaban J connectivity index is 2.04. The Kier molecular flexibility index (Phi) is 4.62. The predicted molar refractivity (Wildman–Crippen MR) is 77.3 cm³/mol. The van der Waals surface area contributed by atoms with Crippen molar-refractivity contribution >= 4 is 32.4 Å². The Labute approximate surface area is 114 Å². The smallest absolute Gasteiger partial charge is 0.0500 e. The zero-order valence-corrected chi connectivity index (χ0v) is 12.2. The zero-order chi connectivity index (χ0) is 12.3. The second-order valence-electron chi connectivity index (χ2n) is 4.61. The van der Waals surface area contributed by atoms with Crippen molar-refractivity contribution < 1.29 is 4.21 Å². The van der Waals surface area contributed by atoms with Gasteiger partial charge in [0.25, 0.3) is 0 Å². The predicted octanol–water partition coefficient (Wildman–Crippen LogP) is 3.61. The molecule has 4 heteroatoms. The van der Waals surface area contributed by atoms with Gasteiger partial charge in [0.2, 0.25) is 0 Å². The third kappa shape index (κ3) is 3.32. The molecule has 0 aromatic heterocycles. The molecule has 0 amide bonds. The van der Waals surface area contributed by atoms with E-state index in [-0.39, 0.29) is 0 Å². The average molecular weight is 316 g/mol. The first-order valence-electron chi connectivity index (χ1n) is 6.08. The maximum atomic E-state index is 12.3. The van der Waals surface area contributed by atoms with Gasteiger partial charge >= 0.3 is 0 Å². The van der Waals surface area contributed by atoms with Gasteiger partial charge in [0.15, 0.2) is 0 Å². The summed E-state index contributed by atoms with van der Waals surface area (Å²) in [5.74, 6) is 0.621. The van der Waals surface area contributed by atoms with E-state index in [9.17, 15) is 4.21 Å². The summed E-state index contributed by atoms with van der Waals surface area (Å²) in [7, 11) is -0.762. The monoisotopic (exact) mass is 315 g/mol. The third-order valence-electron chi connectivity index (χ3n) is 3.33. The number of nitrogens with two attached hydrogens (primary N) is 1. The highest BCUT2D eigenvalue weighted by atomic mass is 79.9. The highest BCUT2D eigenvalue weighted by molar-refractivity contribution is 9.10. The summed E-state index contributed by atoms with van der Waals surface area (Å²) in [5, 5.41) is 0.386. The summed E-state index contributed by atoms with van der Waals surface area (Å²) in [6.45, 7) is 0. The van der Waals surface area contributed by atoms with E-state index in [0.29, 0.717) is 11.0 Å². The van der Waals surface area contributed by atoms with Crippen LogP contribution >= 0.6 is 15.9 Å². The van der Waals surface area contributed by atoms with Crippen LogP contribution in [-0.4, -0.2) is 9.46 Å². The molecule has 0 heterocycles. The van der Waals surface area contributed by atoms with Crippen molar-refractivity contribution in [3.05, 3.63) is 28.2 Å². The van der Waals surface area contributed by atoms with Crippen LogP contribution in [0.1, 0.15) is 37.7 Å². The first-order chi connectivity index (χ1) is 8.18. The molecule has 0 aliphatic heterocycles. The highest BCUT2D eigenvalue weighted by Gasteiger charge is 2.20. The number of anilines is 1. The maximum Gasteiger partial charge on any atom is 0.0500 e. The normalized spacial score (nSPS) is 19.1. The van der Waals surface area contributed by atoms with E-state index >= 15 is 0 Å². The lowest BCUT2D eigenvalue weighted by Gasteiger charge is -2.21. The molecule has 1 aromatic carbocycles. The molecule has 0 spiro atoms. The van der Waals surface area contributed by atoms with Gasteiger partial charge in [-0.15, -0.1) is 0 Å². The quantitative estimate of drug-likeness (QED) is 0.866. The van der Waals surface area contributed by atoms with Crippen molar-refractivity contribution in [2.75, 3.05) is 5.73 Å². The molecular weight excluding hydrogens is 298 g/mol. The fourth-order valence-electron chi connectivity index (χ4n) is 2.31. The van der Waals surface area contributed by atoms with E-state index in [4.69, 9.17) is 5.73 Å².